The lowest BCUT2D eigenvalue weighted by Gasteiger charge is -2.06. The van der Waals surface area contributed by atoms with Gasteiger partial charge in [-0.15, -0.1) is 0 Å². The van der Waals surface area contributed by atoms with E-state index in [0.717, 1.165) is 23.3 Å². The lowest BCUT2D eigenvalue weighted by atomic mass is 10.1. The Balaban J connectivity index is 2.12. The molecule has 0 unspecified atom stereocenters. The summed E-state index contributed by atoms with van der Waals surface area (Å²) in [5.74, 6) is -0.316. The highest BCUT2D eigenvalue weighted by Crippen LogP contribution is 2.37. The first-order valence-electron chi connectivity index (χ1n) is 5.79. The monoisotopic (exact) mass is 278 g/mol. The molecule has 19 heavy (non-hydrogen) atoms. The molecular formula is C13H11ClN2O3. The second kappa shape index (κ2) is 4.28. The van der Waals surface area contributed by atoms with Gasteiger partial charge in [-0.1, -0.05) is 11.6 Å². The quantitative estimate of drug-likeness (QED) is 0.916. The number of aryl methyl sites for hydroxylation is 1. The predicted molar refractivity (Wildman–Crippen MR) is 69.8 cm³/mol. The standard InChI is InChI=1S/C13H11ClN2O3/c1-16-11(6-10(15-16)13(17)18)8-4-7-2-3-19-12(7)9(14)5-8/h4-6H,2-3H2,1H3,(H,17,18). The van der Waals surface area contributed by atoms with E-state index in [4.69, 9.17) is 21.4 Å². The highest BCUT2D eigenvalue weighted by molar-refractivity contribution is 6.32. The molecule has 2 aromatic rings. The third-order valence-electron chi connectivity index (χ3n) is 3.13. The van der Waals surface area contributed by atoms with Crippen LogP contribution in [0.15, 0.2) is 18.2 Å². The summed E-state index contributed by atoms with van der Waals surface area (Å²) in [6.07, 6.45) is 0.812. The van der Waals surface area contributed by atoms with E-state index >= 15 is 0 Å². The average molecular weight is 279 g/mol. The van der Waals surface area contributed by atoms with Crippen LogP contribution in [0.25, 0.3) is 11.3 Å². The van der Waals surface area contributed by atoms with E-state index in [-0.39, 0.29) is 5.69 Å². The van der Waals surface area contributed by atoms with Crippen LogP contribution in [-0.4, -0.2) is 27.5 Å². The van der Waals surface area contributed by atoms with Crippen molar-refractivity contribution in [3.63, 3.8) is 0 Å². The molecule has 1 N–H and O–H groups in total. The molecule has 1 aromatic heterocycles. The number of aromatic nitrogens is 2. The first-order chi connectivity index (χ1) is 9.06. The van der Waals surface area contributed by atoms with E-state index in [2.05, 4.69) is 5.10 Å². The summed E-state index contributed by atoms with van der Waals surface area (Å²) in [7, 11) is 1.71. The highest BCUT2D eigenvalue weighted by atomic mass is 35.5. The van der Waals surface area contributed by atoms with Gasteiger partial charge in [0.15, 0.2) is 5.69 Å². The van der Waals surface area contributed by atoms with Crippen LogP contribution in [0, 0.1) is 0 Å². The summed E-state index contributed by atoms with van der Waals surface area (Å²) >= 11 is 6.18. The van der Waals surface area contributed by atoms with Gasteiger partial charge in [-0.25, -0.2) is 4.79 Å². The van der Waals surface area contributed by atoms with Crippen molar-refractivity contribution in [1.29, 1.82) is 0 Å². The number of nitrogens with zero attached hydrogens (tertiary/aromatic N) is 2. The van der Waals surface area contributed by atoms with Crippen molar-refractivity contribution >= 4 is 17.6 Å². The Bertz CT molecular complexity index is 679. The fraction of sp³-hybridized carbons (Fsp3) is 0.231. The number of aromatic carboxylic acids is 1. The molecule has 1 aliphatic heterocycles. The first kappa shape index (κ1) is 12.0. The van der Waals surface area contributed by atoms with Gasteiger partial charge in [-0.05, 0) is 23.8 Å². The first-order valence-corrected chi connectivity index (χ1v) is 6.17. The van der Waals surface area contributed by atoms with Crippen molar-refractivity contribution in [3.8, 4) is 17.0 Å². The van der Waals surface area contributed by atoms with Gasteiger partial charge >= 0.3 is 5.97 Å². The van der Waals surface area contributed by atoms with Crippen LogP contribution in [0.2, 0.25) is 5.02 Å². The molecule has 0 radical (unpaired) electrons. The molecule has 1 aliphatic rings. The van der Waals surface area contributed by atoms with Gasteiger partial charge in [0.1, 0.15) is 5.75 Å². The van der Waals surface area contributed by atoms with Crippen molar-refractivity contribution in [2.24, 2.45) is 7.05 Å². The van der Waals surface area contributed by atoms with E-state index < -0.39 is 5.97 Å². The molecule has 0 atom stereocenters. The van der Waals surface area contributed by atoms with Crippen LogP contribution in [0.5, 0.6) is 5.75 Å². The Hall–Kier alpha value is -2.01. The molecule has 0 saturated heterocycles. The number of halogens is 1. The topological polar surface area (TPSA) is 64.4 Å². The molecule has 0 saturated carbocycles. The lowest BCUT2D eigenvalue weighted by Crippen LogP contribution is -1.99. The number of carboxylic acid groups (broad SMARTS) is 1. The Labute approximate surface area is 114 Å². The number of carbonyl (C=O) groups is 1. The van der Waals surface area contributed by atoms with Crippen LogP contribution < -0.4 is 4.74 Å². The minimum Gasteiger partial charge on any atom is -0.491 e. The molecule has 0 amide bonds. The van der Waals surface area contributed by atoms with Crippen molar-refractivity contribution in [1.82, 2.24) is 9.78 Å². The van der Waals surface area contributed by atoms with Crippen LogP contribution in [-0.2, 0) is 13.5 Å². The number of fused-ring (bicyclic) bond motifs is 1. The minimum atomic E-state index is -1.04. The van der Waals surface area contributed by atoms with E-state index in [1.54, 1.807) is 13.1 Å². The van der Waals surface area contributed by atoms with Crippen LogP contribution in [0.4, 0.5) is 0 Å². The summed E-state index contributed by atoms with van der Waals surface area (Å²) in [6, 6.07) is 5.28. The summed E-state index contributed by atoms with van der Waals surface area (Å²) in [5.41, 5.74) is 2.62. The number of hydrogen-bond donors (Lipinski definition) is 1. The Morgan fingerprint density at radius 3 is 2.95 bits per heavy atom. The van der Waals surface area contributed by atoms with Gasteiger partial charge in [0, 0.05) is 19.0 Å². The lowest BCUT2D eigenvalue weighted by molar-refractivity contribution is 0.0689. The fourth-order valence-electron chi connectivity index (χ4n) is 2.25. The molecule has 5 nitrogen and oxygen atoms in total. The van der Waals surface area contributed by atoms with Gasteiger partial charge in [-0.3, -0.25) is 4.68 Å². The average Bonchev–Trinajstić information content (AvgIpc) is 2.95. The second-order valence-corrected chi connectivity index (χ2v) is 4.80. The molecule has 2 heterocycles. The van der Waals surface area contributed by atoms with Gasteiger partial charge < -0.3 is 9.84 Å². The Morgan fingerprint density at radius 2 is 2.26 bits per heavy atom. The van der Waals surface area contributed by atoms with E-state index in [1.165, 1.54) is 10.7 Å². The smallest absolute Gasteiger partial charge is 0.356 e. The summed E-state index contributed by atoms with van der Waals surface area (Å²) in [6.45, 7) is 0.629. The SMILES string of the molecule is Cn1nc(C(=O)O)cc1-c1cc(Cl)c2c(c1)CCO2. The maximum Gasteiger partial charge on any atom is 0.356 e. The van der Waals surface area contributed by atoms with Gasteiger partial charge in [0.05, 0.1) is 17.3 Å². The molecular weight excluding hydrogens is 268 g/mol. The number of benzene rings is 1. The molecule has 1 aromatic carbocycles. The number of rotatable bonds is 2. The summed E-state index contributed by atoms with van der Waals surface area (Å²) in [4.78, 5) is 10.9. The zero-order valence-corrected chi connectivity index (χ0v) is 10.9. The van der Waals surface area contributed by atoms with Gasteiger partial charge in [-0.2, -0.15) is 5.10 Å². The Kier molecular flexibility index (Phi) is 2.71. The number of ether oxygens (including phenoxy) is 1. The van der Waals surface area contributed by atoms with Gasteiger partial charge in [0.25, 0.3) is 0 Å². The normalized spacial score (nSPS) is 13.2. The number of hydrogen-bond acceptors (Lipinski definition) is 3. The second-order valence-electron chi connectivity index (χ2n) is 4.39. The molecule has 6 heteroatoms. The fourth-order valence-corrected chi connectivity index (χ4v) is 2.54. The van der Waals surface area contributed by atoms with Gasteiger partial charge in [0.2, 0.25) is 0 Å². The zero-order chi connectivity index (χ0) is 13.6. The van der Waals surface area contributed by atoms with Crippen molar-refractivity contribution in [2.45, 2.75) is 6.42 Å². The van der Waals surface area contributed by atoms with E-state index in [1.807, 2.05) is 6.07 Å². The summed E-state index contributed by atoms with van der Waals surface area (Å²) < 4.78 is 6.98. The van der Waals surface area contributed by atoms with E-state index in [9.17, 15) is 4.79 Å². The maximum absolute atomic E-state index is 10.9. The molecule has 0 spiro atoms. The molecule has 0 aliphatic carbocycles. The molecule has 0 bridgehead atoms. The van der Waals surface area contributed by atoms with Crippen molar-refractivity contribution in [3.05, 3.63) is 34.5 Å². The van der Waals surface area contributed by atoms with Crippen LogP contribution >= 0.6 is 11.6 Å². The highest BCUT2D eigenvalue weighted by Gasteiger charge is 2.19. The number of carboxylic acids is 1. The zero-order valence-electron chi connectivity index (χ0n) is 10.2. The van der Waals surface area contributed by atoms with E-state index in [0.29, 0.717) is 17.3 Å². The molecule has 3 rings (SSSR count). The third-order valence-corrected chi connectivity index (χ3v) is 3.41. The summed E-state index contributed by atoms with van der Waals surface area (Å²) in [5, 5.41) is 13.5. The largest absolute Gasteiger partial charge is 0.491 e. The predicted octanol–water partition coefficient (Wildman–Crippen LogP) is 2.37. The van der Waals surface area contributed by atoms with Crippen molar-refractivity contribution in [2.75, 3.05) is 6.61 Å². The van der Waals surface area contributed by atoms with Crippen LogP contribution in [0.1, 0.15) is 16.1 Å². The third kappa shape index (κ3) is 1.96. The van der Waals surface area contributed by atoms with Crippen LogP contribution in [0.3, 0.4) is 0 Å². The van der Waals surface area contributed by atoms with Crippen molar-refractivity contribution < 1.29 is 14.6 Å². The molecule has 98 valence electrons. The molecule has 0 fully saturated rings. The minimum absolute atomic E-state index is 0.0189. The Morgan fingerprint density at radius 1 is 1.47 bits per heavy atom. The maximum atomic E-state index is 10.9.